The number of nitrogens with zero attached hydrogens (tertiary/aromatic N) is 3. The fraction of sp³-hybridized carbons (Fsp3) is 0.577. The molecule has 1 aliphatic heterocycles. The van der Waals surface area contributed by atoms with Gasteiger partial charge in [0.15, 0.2) is 0 Å². The fourth-order valence-electron chi connectivity index (χ4n) is 5.39. The van der Waals surface area contributed by atoms with Gasteiger partial charge in [0.25, 0.3) is 0 Å². The second-order valence-electron chi connectivity index (χ2n) is 10.5. The third-order valence-electron chi connectivity index (χ3n) is 7.26. The lowest BCUT2D eigenvalue weighted by molar-refractivity contribution is -0.136. The Morgan fingerprint density at radius 2 is 1.97 bits per heavy atom. The van der Waals surface area contributed by atoms with Gasteiger partial charge in [-0.3, -0.25) is 4.79 Å². The minimum Gasteiger partial charge on any atom is -0.481 e. The summed E-state index contributed by atoms with van der Waals surface area (Å²) in [5, 5.41) is 11.0. The van der Waals surface area contributed by atoms with Crippen LogP contribution in [0, 0.1) is 19.3 Å². The SMILES string of the molecule is Cc1c(CC(=O)O)c(C2=CCC(C)(C)CC2)c2cc(C)n3c2c1N(CCN(C)C)CC3. The third kappa shape index (κ3) is 4.00. The van der Waals surface area contributed by atoms with Crippen LogP contribution in [-0.4, -0.2) is 54.3 Å². The lowest BCUT2D eigenvalue weighted by Gasteiger charge is -2.36. The van der Waals surface area contributed by atoms with Gasteiger partial charge in [0.05, 0.1) is 17.6 Å². The highest BCUT2D eigenvalue weighted by Crippen LogP contribution is 2.46. The molecule has 0 saturated carbocycles. The smallest absolute Gasteiger partial charge is 0.307 e. The molecule has 5 nitrogen and oxygen atoms in total. The summed E-state index contributed by atoms with van der Waals surface area (Å²) >= 11 is 0. The van der Waals surface area contributed by atoms with Crippen LogP contribution in [0.3, 0.4) is 0 Å². The van der Waals surface area contributed by atoms with E-state index in [9.17, 15) is 9.90 Å². The summed E-state index contributed by atoms with van der Waals surface area (Å²) in [5.74, 6) is -0.751. The molecule has 0 radical (unpaired) electrons. The Labute approximate surface area is 186 Å². The van der Waals surface area contributed by atoms with E-state index in [2.05, 4.69) is 68.3 Å². The molecule has 5 heteroatoms. The highest BCUT2D eigenvalue weighted by molar-refractivity contribution is 6.04. The number of hydrogen-bond donors (Lipinski definition) is 1. The van der Waals surface area contributed by atoms with E-state index in [4.69, 9.17) is 0 Å². The van der Waals surface area contributed by atoms with E-state index in [0.29, 0.717) is 5.41 Å². The highest BCUT2D eigenvalue weighted by Gasteiger charge is 2.31. The Kier molecular flexibility index (Phi) is 5.67. The summed E-state index contributed by atoms with van der Waals surface area (Å²) in [5.41, 5.74) is 8.83. The molecule has 0 unspecified atom stereocenters. The summed E-state index contributed by atoms with van der Waals surface area (Å²) in [6.45, 7) is 12.9. The van der Waals surface area contributed by atoms with E-state index < -0.39 is 5.97 Å². The van der Waals surface area contributed by atoms with Crippen molar-refractivity contribution in [1.82, 2.24) is 9.47 Å². The number of aryl methyl sites for hydroxylation is 1. The minimum atomic E-state index is -0.751. The van der Waals surface area contributed by atoms with Crippen molar-refractivity contribution in [2.45, 2.75) is 59.9 Å². The van der Waals surface area contributed by atoms with Crippen LogP contribution in [0.1, 0.15) is 55.5 Å². The van der Waals surface area contributed by atoms with Crippen molar-refractivity contribution in [2.24, 2.45) is 5.41 Å². The number of aromatic nitrogens is 1. The van der Waals surface area contributed by atoms with Crippen molar-refractivity contribution < 1.29 is 9.90 Å². The minimum absolute atomic E-state index is 0.0799. The van der Waals surface area contributed by atoms with Gasteiger partial charge in [-0.15, -0.1) is 0 Å². The highest BCUT2D eigenvalue weighted by atomic mass is 16.4. The quantitative estimate of drug-likeness (QED) is 0.721. The van der Waals surface area contributed by atoms with Crippen LogP contribution in [-0.2, 0) is 17.8 Å². The summed E-state index contributed by atoms with van der Waals surface area (Å²) in [4.78, 5) is 16.6. The Morgan fingerprint density at radius 1 is 1.23 bits per heavy atom. The molecule has 0 spiro atoms. The van der Waals surface area contributed by atoms with Gasteiger partial charge in [-0.1, -0.05) is 19.9 Å². The molecule has 0 saturated heterocycles. The van der Waals surface area contributed by atoms with Crippen molar-refractivity contribution in [3.63, 3.8) is 0 Å². The molecular formula is C26H37N3O2. The van der Waals surface area contributed by atoms with Gasteiger partial charge in [-0.25, -0.2) is 0 Å². The van der Waals surface area contributed by atoms with Gasteiger partial charge in [0.1, 0.15) is 0 Å². The topological polar surface area (TPSA) is 48.7 Å². The maximum atomic E-state index is 11.9. The largest absolute Gasteiger partial charge is 0.481 e. The van der Waals surface area contributed by atoms with Gasteiger partial charge in [0.2, 0.25) is 0 Å². The first-order chi connectivity index (χ1) is 14.6. The van der Waals surface area contributed by atoms with Crippen LogP contribution in [0.25, 0.3) is 16.5 Å². The van der Waals surface area contributed by atoms with Crippen molar-refractivity contribution >= 4 is 28.1 Å². The molecule has 0 fully saturated rings. The zero-order chi connectivity index (χ0) is 22.5. The molecule has 0 atom stereocenters. The number of carboxylic acids is 1. The second kappa shape index (κ2) is 8.01. The van der Waals surface area contributed by atoms with Gasteiger partial charge in [-0.05, 0) is 81.0 Å². The molecule has 4 rings (SSSR count). The summed E-state index contributed by atoms with van der Waals surface area (Å²) in [6.07, 6.45) is 5.66. The summed E-state index contributed by atoms with van der Waals surface area (Å²) < 4.78 is 2.45. The summed E-state index contributed by atoms with van der Waals surface area (Å²) in [6, 6.07) is 2.30. The van der Waals surface area contributed by atoms with Crippen LogP contribution in [0.4, 0.5) is 5.69 Å². The predicted molar refractivity (Wildman–Crippen MR) is 129 cm³/mol. The Balaban J connectivity index is 1.97. The predicted octanol–water partition coefficient (Wildman–Crippen LogP) is 4.86. The van der Waals surface area contributed by atoms with Crippen molar-refractivity contribution in [2.75, 3.05) is 38.6 Å². The van der Waals surface area contributed by atoms with E-state index >= 15 is 0 Å². The van der Waals surface area contributed by atoms with Gasteiger partial charge in [0, 0.05) is 37.3 Å². The van der Waals surface area contributed by atoms with Crippen LogP contribution in [0.5, 0.6) is 0 Å². The molecule has 2 aliphatic rings. The number of allylic oxidation sites excluding steroid dienone is 2. The van der Waals surface area contributed by atoms with Gasteiger partial charge >= 0.3 is 5.97 Å². The van der Waals surface area contributed by atoms with Crippen LogP contribution in [0.2, 0.25) is 0 Å². The van der Waals surface area contributed by atoms with Gasteiger partial charge < -0.3 is 19.5 Å². The Morgan fingerprint density at radius 3 is 2.58 bits per heavy atom. The van der Waals surface area contributed by atoms with Crippen molar-refractivity contribution in [1.29, 1.82) is 0 Å². The molecule has 0 amide bonds. The average molecular weight is 424 g/mol. The number of rotatable bonds is 6. The normalized spacial score (nSPS) is 18.0. The van der Waals surface area contributed by atoms with E-state index in [0.717, 1.165) is 56.6 Å². The Hall–Kier alpha value is -2.27. The summed E-state index contributed by atoms with van der Waals surface area (Å²) in [7, 11) is 4.21. The third-order valence-corrected chi connectivity index (χ3v) is 7.26. The van der Waals surface area contributed by atoms with E-state index in [1.54, 1.807) is 0 Å². The lowest BCUT2D eigenvalue weighted by atomic mass is 9.75. The van der Waals surface area contributed by atoms with Crippen molar-refractivity contribution in [3.05, 3.63) is 34.5 Å². The van der Waals surface area contributed by atoms with Crippen LogP contribution >= 0.6 is 0 Å². The zero-order valence-corrected chi connectivity index (χ0v) is 20.0. The molecule has 168 valence electrons. The number of anilines is 1. The first-order valence-corrected chi connectivity index (χ1v) is 11.5. The second-order valence-corrected chi connectivity index (χ2v) is 10.5. The first kappa shape index (κ1) is 21.9. The molecule has 2 heterocycles. The molecule has 1 N–H and O–H groups in total. The average Bonchev–Trinajstić information content (AvgIpc) is 3.01. The number of hydrogen-bond acceptors (Lipinski definition) is 3. The number of carboxylic acid groups (broad SMARTS) is 1. The molecule has 1 aliphatic carbocycles. The number of aliphatic carboxylic acids is 1. The molecule has 1 aromatic carbocycles. The maximum Gasteiger partial charge on any atom is 0.307 e. The zero-order valence-electron chi connectivity index (χ0n) is 20.0. The molecular weight excluding hydrogens is 386 g/mol. The van der Waals surface area contributed by atoms with Crippen molar-refractivity contribution in [3.8, 4) is 0 Å². The molecule has 1 aromatic heterocycles. The van der Waals surface area contributed by atoms with E-state index in [1.807, 2.05) is 0 Å². The number of carbonyl (C=O) groups is 1. The van der Waals surface area contributed by atoms with Crippen LogP contribution in [0.15, 0.2) is 12.1 Å². The molecule has 0 bridgehead atoms. The Bertz CT molecular complexity index is 1060. The standard InChI is InChI=1S/C26H37N3O2/c1-17-15-21-23(19-7-9-26(3,4)10-8-19)20(16-22(30)31)18(2)24-25(21)29(17)14-13-28(24)12-11-27(5)6/h7,15H,8-14,16H2,1-6H3,(H,30,31). The monoisotopic (exact) mass is 423 g/mol. The first-order valence-electron chi connectivity index (χ1n) is 11.5. The van der Waals surface area contributed by atoms with E-state index in [1.165, 1.54) is 33.4 Å². The lowest BCUT2D eigenvalue weighted by Crippen LogP contribution is -2.37. The van der Waals surface area contributed by atoms with Crippen LogP contribution < -0.4 is 4.90 Å². The van der Waals surface area contributed by atoms with E-state index in [-0.39, 0.29) is 6.42 Å². The van der Waals surface area contributed by atoms with Gasteiger partial charge in [-0.2, -0.15) is 0 Å². The fourth-order valence-corrected chi connectivity index (χ4v) is 5.39. The maximum absolute atomic E-state index is 11.9. The molecule has 31 heavy (non-hydrogen) atoms. The number of likely N-dealkylation sites (N-methyl/N-ethyl adjacent to an activating group) is 1. The number of benzene rings is 1. The molecule has 2 aromatic rings.